The van der Waals surface area contributed by atoms with Gasteiger partial charge in [-0.2, -0.15) is 0 Å². The van der Waals surface area contributed by atoms with Crippen molar-refractivity contribution in [1.82, 2.24) is 14.8 Å². The zero-order valence-corrected chi connectivity index (χ0v) is 13.3. The van der Waals surface area contributed by atoms with Crippen LogP contribution in [0.15, 0.2) is 30.3 Å². The van der Waals surface area contributed by atoms with E-state index in [0.717, 1.165) is 29.8 Å². The molecule has 1 fully saturated rings. The van der Waals surface area contributed by atoms with Crippen molar-refractivity contribution in [3.05, 3.63) is 35.6 Å². The van der Waals surface area contributed by atoms with Crippen molar-refractivity contribution in [2.75, 3.05) is 0 Å². The quantitative estimate of drug-likeness (QED) is 0.811. The molecule has 1 aliphatic carbocycles. The Hall–Kier alpha value is -1.35. The number of nitrogens with zero attached hydrogens (tertiary/aromatic N) is 3. The lowest BCUT2D eigenvalue weighted by Gasteiger charge is -2.26. The molecule has 0 radical (unpaired) electrons. The van der Waals surface area contributed by atoms with E-state index < -0.39 is 0 Å². The maximum Gasteiger partial charge on any atom is 0.225 e. The average molecular weight is 304 g/mol. The molecule has 0 N–H and O–H groups in total. The zero-order chi connectivity index (χ0) is 14.7. The Morgan fingerprint density at radius 2 is 1.81 bits per heavy atom. The molecular weight excluding hydrogens is 282 g/mol. The Labute approximate surface area is 131 Å². The van der Waals surface area contributed by atoms with Gasteiger partial charge in [0.2, 0.25) is 5.28 Å². The van der Waals surface area contributed by atoms with Crippen molar-refractivity contribution in [1.29, 1.82) is 0 Å². The van der Waals surface area contributed by atoms with Crippen LogP contribution >= 0.6 is 11.6 Å². The topological polar surface area (TPSA) is 30.7 Å². The minimum atomic E-state index is 0.498. The summed E-state index contributed by atoms with van der Waals surface area (Å²) in [5, 5.41) is 8.79. The Morgan fingerprint density at radius 1 is 1.10 bits per heavy atom. The van der Waals surface area contributed by atoms with Crippen LogP contribution in [0.5, 0.6) is 0 Å². The molecule has 1 aliphatic rings. The fourth-order valence-corrected chi connectivity index (χ4v) is 3.41. The number of hydrogen-bond donors (Lipinski definition) is 0. The van der Waals surface area contributed by atoms with Crippen molar-refractivity contribution < 1.29 is 0 Å². The molecule has 0 amide bonds. The number of aromatic nitrogens is 3. The summed E-state index contributed by atoms with van der Waals surface area (Å²) in [5.74, 6) is 2.60. The van der Waals surface area contributed by atoms with E-state index in [1.54, 1.807) is 0 Å². The molecule has 3 rings (SSSR count). The van der Waals surface area contributed by atoms with Crippen LogP contribution in [-0.4, -0.2) is 14.8 Å². The van der Waals surface area contributed by atoms with Crippen LogP contribution in [-0.2, 0) is 6.54 Å². The number of halogens is 1. The van der Waals surface area contributed by atoms with Gasteiger partial charge >= 0.3 is 0 Å². The van der Waals surface area contributed by atoms with Gasteiger partial charge in [0.25, 0.3) is 0 Å². The molecule has 2 aromatic rings. The van der Waals surface area contributed by atoms with E-state index in [9.17, 15) is 0 Å². The smallest absolute Gasteiger partial charge is 0.225 e. The molecule has 4 heteroatoms. The molecule has 1 saturated carbocycles. The van der Waals surface area contributed by atoms with Crippen molar-refractivity contribution in [2.45, 2.75) is 45.6 Å². The van der Waals surface area contributed by atoms with E-state index in [0.29, 0.717) is 5.28 Å². The third kappa shape index (κ3) is 3.46. The normalized spacial score (nSPS) is 22.4. The molecule has 0 bridgehead atoms. The first kappa shape index (κ1) is 14.6. The van der Waals surface area contributed by atoms with Gasteiger partial charge in [-0.1, -0.05) is 62.9 Å². The molecule has 1 aromatic carbocycles. The molecule has 3 nitrogen and oxygen atoms in total. The monoisotopic (exact) mass is 303 g/mol. The van der Waals surface area contributed by atoms with Crippen LogP contribution < -0.4 is 0 Å². The molecule has 0 unspecified atom stereocenters. The minimum Gasteiger partial charge on any atom is -0.298 e. The summed E-state index contributed by atoms with van der Waals surface area (Å²) in [6.07, 6.45) is 6.60. The first-order chi connectivity index (χ1) is 10.2. The fourth-order valence-electron chi connectivity index (χ4n) is 3.21. The Kier molecular flexibility index (Phi) is 4.59. The summed E-state index contributed by atoms with van der Waals surface area (Å²) in [5.41, 5.74) is 1.08. The van der Waals surface area contributed by atoms with E-state index in [-0.39, 0.29) is 0 Å². The van der Waals surface area contributed by atoms with Gasteiger partial charge in [-0.15, -0.1) is 10.2 Å². The van der Waals surface area contributed by atoms with Gasteiger partial charge in [0.05, 0.1) is 0 Å². The molecule has 1 aromatic heterocycles. The van der Waals surface area contributed by atoms with E-state index in [1.807, 2.05) is 18.2 Å². The van der Waals surface area contributed by atoms with Crippen LogP contribution in [0.4, 0.5) is 0 Å². The van der Waals surface area contributed by atoms with Gasteiger partial charge in [0.15, 0.2) is 5.82 Å². The largest absolute Gasteiger partial charge is 0.298 e. The Bertz CT molecular complexity index is 571. The van der Waals surface area contributed by atoms with Crippen LogP contribution in [0.1, 0.15) is 39.0 Å². The highest BCUT2D eigenvalue weighted by atomic mass is 35.5. The average Bonchev–Trinajstić information content (AvgIpc) is 2.89. The Morgan fingerprint density at radius 3 is 2.52 bits per heavy atom. The van der Waals surface area contributed by atoms with Gasteiger partial charge < -0.3 is 0 Å². The standard InChI is InChI=1S/C17H22ClN3/c1-13-7-9-14(10-8-13)11-12-21-16(19-20-17(21)18)15-5-3-2-4-6-15/h2-6,13-14H,7-12H2,1H3. The summed E-state index contributed by atoms with van der Waals surface area (Å²) in [4.78, 5) is 0. The molecular formula is C17H22ClN3. The summed E-state index contributed by atoms with van der Waals surface area (Å²) in [6.45, 7) is 3.27. The van der Waals surface area contributed by atoms with Gasteiger partial charge in [0.1, 0.15) is 0 Å². The number of benzene rings is 1. The van der Waals surface area contributed by atoms with Crippen LogP contribution in [0.3, 0.4) is 0 Å². The summed E-state index contributed by atoms with van der Waals surface area (Å²) in [6, 6.07) is 10.2. The Balaban J connectivity index is 1.70. The van der Waals surface area contributed by atoms with Gasteiger partial charge in [0, 0.05) is 12.1 Å². The van der Waals surface area contributed by atoms with E-state index in [1.165, 1.54) is 32.1 Å². The van der Waals surface area contributed by atoms with Crippen molar-refractivity contribution in [2.24, 2.45) is 11.8 Å². The molecule has 0 atom stereocenters. The third-order valence-corrected chi connectivity index (χ3v) is 4.91. The number of hydrogen-bond acceptors (Lipinski definition) is 2. The maximum atomic E-state index is 6.23. The van der Waals surface area contributed by atoms with Gasteiger partial charge in [-0.05, 0) is 29.9 Å². The van der Waals surface area contributed by atoms with E-state index in [2.05, 4.69) is 33.8 Å². The second kappa shape index (κ2) is 6.61. The lowest BCUT2D eigenvalue weighted by atomic mass is 9.81. The van der Waals surface area contributed by atoms with Gasteiger partial charge in [-0.3, -0.25) is 4.57 Å². The fraction of sp³-hybridized carbons (Fsp3) is 0.529. The van der Waals surface area contributed by atoms with Gasteiger partial charge in [-0.25, -0.2) is 0 Å². The SMILES string of the molecule is CC1CCC(CCn2c(Cl)nnc2-c2ccccc2)CC1. The van der Waals surface area contributed by atoms with Crippen molar-refractivity contribution in [3.63, 3.8) is 0 Å². The molecule has 0 saturated heterocycles. The van der Waals surface area contributed by atoms with Crippen LogP contribution in [0.25, 0.3) is 11.4 Å². The third-order valence-electron chi connectivity index (χ3n) is 4.63. The van der Waals surface area contributed by atoms with E-state index >= 15 is 0 Å². The second-order valence-corrected chi connectivity index (χ2v) is 6.56. The molecule has 21 heavy (non-hydrogen) atoms. The first-order valence-corrected chi connectivity index (χ1v) is 8.26. The maximum absolute atomic E-state index is 6.23. The lowest BCUT2D eigenvalue weighted by molar-refractivity contribution is 0.269. The zero-order valence-electron chi connectivity index (χ0n) is 12.5. The predicted molar refractivity (Wildman–Crippen MR) is 86.2 cm³/mol. The molecule has 1 heterocycles. The van der Waals surface area contributed by atoms with Crippen LogP contribution in [0.2, 0.25) is 5.28 Å². The molecule has 0 aliphatic heterocycles. The highest BCUT2D eigenvalue weighted by Crippen LogP contribution is 2.31. The van der Waals surface area contributed by atoms with Crippen molar-refractivity contribution >= 4 is 11.6 Å². The number of rotatable bonds is 4. The molecule has 112 valence electrons. The van der Waals surface area contributed by atoms with Crippen LogP contribution in [0, 0.1) is 11.8 Å². The van der Waals surface area contributed by atoms with E-state index in [4.69, 9.17) is 11.6 Å². The summed E-state index contributed by atoms with van der Waals surface area (Å²) < 4.78 is 2.05. The molecule has 0 spiro atoms. The summed E-state index contributed by atoms with van der Waals surface area (Å²) >= 11 is 6.23. The highest BCUT2D eigenvalue weighted by molar-refractivity contribution is 6.28. The van der Waals surface area contributed by atoms with Crippen molar-refractivity contribution in [3.8, 4) is 11.4 Å². The summed E-state index contributed by atoms with van der Waals surface area (Å²) in [7, 11) is 0. The predicted octanol–water partition coefficient (Wildman–Crippen LogP) is 4.81. The highest BCUT2D eigenvalue weighted by Gasteiger charge is 2.19. The minimum absolute atomic E-state index is 0.498. The lowest BCUT2D eigenvalue weighted by Crippen LogP contribution is -2.14. The second-order valence-electron chi connectivity index (χ2n) is 6.22. The first-order valence-electron chi connectivity index (χ1n) is 7.88.